The molecule has 1 heterocycles. The number of para-hydroxylation sites is 1. The molecule has 0 saturated carbocycles. The van der Waals surface area contributed by atoms with E-state index in [0.29, 0.717) is 11.3 Å². The van der Waals surface area contributed by atoms with Crippen LogP contribution < -0.4 is 15.1 Å². The number of nitrogens with one attached hydrogen (secondary N) is 2. The monoisotopic (exact) mass is 369 g/mol. The number of hydrogen-bond donors (Lipinski definition) is 2. The molecule has 0 radical (unpaired) electrons. The first-order chi connectivity index (χ1) is 12.6. The van der Waals surface area contributed by atoms with E-state index in [1.165, 1.54) is 4.90 Å². The average Bonchev–Trinajstić information content (AvgIpc) is 2.68. The van der Waals surface area contributed by atoms with Crippen molar-refractivity contribution in [2.45, 2.75) is 13.0 Å². The van der Waals surface area contributed by atoms with E-state index in [-0.39, 0.29) is 11.9 Å². The van der Waals surface area contributed by atoms with Crippen molar-refractivity contribution < 1.29 is 9.69 Å². The van der Waals surface area contributed by atoms with Gasteiger partial charge in [0, 0.05) is 5.69 Å². The maximum atomic E-state index is 12.6. The first-order valence-electron chi connectivity index (χ1n) is 8.73. The number of hydrogen-bond acceptors (Lipinski definition) is 3. The maximum Gasteiger partial charge on any atom is 0.282 e. The van der Waals surface area contributed by atoms with Crippen LogP contribution in [0.2, 0.25) is 5.02 Å². The number of carbonyl (C=O) groups excluding carboxylic acids is 1. The quantitative estimate of drug-likeness (QED) is 0.866. The summed E-state index contributed by atoms with van der Waals surface area (Å²) in [5, 5.41) is 12.6. The van der Waals surface area contributed by atoms with E-state index in [9.17, 15) is 4.79 Å². The number of benzene rings is 2. The van der Waals surface area contributed by atoms with Gasteiger partial charge in [0.05, 0.1) is 48.5 Å². The van der Waals surface area contributed by atoms with E-state index < -0.39 is 0 Å². The van der Waals surface area contributed by atoms with E-state index in [1.807, 2.05) is 31.2 Å². The van der Waals surface area contributed by atoms with Gasteiger partial charge >= 0.3 is 0 Å². The van der Waals surface area contributed by atoms with Gasteiger partial charge in [-0.05, 0) is 37.3 Å². The number of halogens is 1. The van der Waals surface area contributed by atoms with Gasteiger partial charge in [0.1, 0.15) is 0 Å². The number of piperazine rings is 1. The minimum atomic E-state index is -0.158. The lowest BCUT2D eigenvalue weighted by Gasteiger charge is -2.36. The molecule has 0 aliphatic carbocycles. The van der Waals surface area contributed by atoms with Crippen molar-refractivity contribution in [2.75, 3.05) is 36.4 Å². The lowest BCUT2D eigenvalue weighted by molar-refractivity contribution is -0.914. The van der Waals surface area contributed by atoms with Crippen LogP contribution in [-0.2, 0) is 4.79 Å². The van der Waals surface area contributed by atoms with Gasteiger partial charge in [-0.2, -0.15) is 5.26 Å². The van der Waals surface area contributed by atoms with Crippen LogP contribution in [0.4, 0.5) is 11.4 Å². The number of nitriles is 1. The van der Waals surface area contributed by atoms with Crippen LogP contribution in [0.15, 0.2) is 48.5 Å². The molecular weight excluding hydrogens is 348 g/mol. The van der Waals surface area contributed by atoms with Gasteiger partial charge in [-0.25, -0.2) is 0 Å². The topological polar surface area (TPSA) is 60.6 Å². The first-order valence-corrected chi connectivity index (χ1v) is 9.11. The average molecular weight is 370 g/mol. The smallest absolute Gasteiger partial charge is 0.282 e. The van der Waals surface area contributed by atoms with Crippen LogP contribution in [0.25, 0.3) is 0 Å². The lowest BCUT2D eigenvalue weighted by Crippen LogP contribution is -3.19. The fourth-order valence-electron chi connectivity index (χ4n) is 3.28. The van der Waals surface area contributed by atoms with Crippen LogP contribution in [0, 0.1) is 11.3 Å². The van der Waals surface area contributed by atoms with Crippen LogP contribution in [-0.4, -0.2) is 38.1 Å². The molecule has 1 saturated heterocycles. The maximum absolute atomic E-state index is 12.6. The Morgan fingerprint density at radius 2 is 1.96 bits per heavy atom. The predicted molar refractivity (Wildman–Crippen MR) is 104 cm³/mol. The summed E-state index contributed by atoms with van der Waals surface area (Å²) in [6, 6.07) is 16.8. The number of nitrogens with zero attached hydrogens (tertiary/aromatic N) is 2. The molecule has 6 heteroatoms. The standard InChI is InChI=1S/C20H21ClN4O/c1-15(20(26)23-17-6-4-5-16(13-17)14-22)24-9-11-25(12-10-24)19-8-3-2-7-18(19)21/h2-8,13,15H,9-12H2,1H3,(H,23,26)/p+1/t15-/m0/s1. The normalized spacial score (nSPS) is 16.0. The van der Waals surface area contributed by atoms with Crippen LogP contribution in [0.1, 0.15) is 12.5 Å². The molecule has 5 nitrogen and oxygen atoms in total. The van der Waals surface area contributed by atoms with Crippen molar-refractivity contribution >= 4 is 28.9 Å². The molecular formula is C20H22ClN4O+. The molecule has 2 aromatic rings. The number of carbonyl (C=O) groups is 1. The molecule has 0 spiro atoms. The van der Waals surface area contributed by atoms with Crippen molar-refractivity contribution in [3.63, 3.8) is 0 Å². The highest BCUT2D eigenvalue weighted by molar-refractivity contribution is 6.33. The molecule has 0 unspecified atom stereocenters. The summed E-state index contributed by atoms with van der Waals surface area (Å²) >= 11 is 6.29. The molecule has 3 rings (SSSR count). The Morgan fingerprint density at radius 1 is 1.23 bits per heavy atom. The van der Waals surface area contributed by atoms with Crippen LogP contribution >= 0.6 is 11.6 Å². The zero-order valence-electron chi connectivity index (χ0n) is 14.7. The molecule has 1 aliphatic rings. The molecule has 0 bridgehead atoms. The molecule has 0 aromatic heterocycles. The third-order valence-electron chi connectivity index (χ3n) is 4.86. The number of anilines is 2. The van der Waals surface area contributed by atoms with Crippen molar-refractivity contribution in [1.82, 2.24) is 0 Å². The molecule has 1 aliphatic heterocycles. The van der Waals surface area contributed by atoms with Gasteiger partial charge in [-0.15, -0.1) is 0 Å². The zero-order valence-corrected chi connectivity index (χ0v) is 15.5. The fraction of sp³-hybridized carbons (Fsp3) is 0.300. The summed E-state index contributed by atoms with van der Waals surface area (Å²) < 4.78 is 0. The van der Waals surface area contributed by atoms with E-state index >= 15 is 0 Å². The molecule has 1 atom stereocenters. The zero-order chi connectivity index (χ0) is 18.5. The molecule has 26 heavy (non-hydrogen) atoms. The van der Waals surface area contributed by atoms with Gasteiger partial charge in [0.15, 0.2) is 6.04 Å². The first kappa shape index (κ1) is 18.2. The van der Waals surface area contributed by atoms with E-state index in [0.717, 1.165) is 36.9 Å². The van der Waals surface area contributed by atoms with Crippen molar-refractivity contribution in [2.24, 2.45) is 0 Å². The lowest BCUT2D eigenvalue weighted by atomic mass is 10.1. The number of quaternary nitrogens is 1. The highest BCUT2D eigenvalue weighted by atomic mass is 35.5. The largest absolute Gasteiger partial charge is 0.359 e. The fourth-order valence-corrected chi connectivity index (χ4v) is 3.53. The van der Waals surface area contributed by atoms with Crippen molar-refractivity contribution in [1.29, 1.82) is 5.26 Å². The molecule has 134 valence electrons. The Bertz CT molecular complexity index is 825. The Hall–Kier alpha value is -2.55. The van der Waals surface area contributed by atoms with E-state index in [4.69, 9.17) is 16.9 Å². The van der Waals surface area contributed by atoms with Gasteiger partial charge in [0.25, 0.3) is 5.91 Å². The summed E-state index contributed by atoms with van der Waals surface area (Å²) in [6.45, 7) is 5.42. The third-order valence-corrected chi connectivity index (χ3v) is 5.18. The molecule has 1 fully saturated rings. The van der Waals surface area contributed by atoms with Crippen molar-refractivity contribution in [3.8, 4) is 6.07 Å². The van der Waals surface area contributed by atoms with Gasteiger partial charge in [-0.3, -0.25) is 4.79 Å². The SMILES string of the molecule is C[C@@H](C(=O)Nc1cccc(C#N)c1)[NH+]1CCN(c2ccccc2Cl)CC1. The Balaban J connectivity index is 1.57. The van der Waals surface area contributed by atoms with Crippen LogP contribution in [0.5, 0.6) is 0 Å². The summed E-state index contributed by atoms with van der Waals surface area (Å²) in [6.07, 6.45) is 0. The van der Waals surface area contributed by atoms with E-state index in [1.54, 1.807) is 24.3 Å². The summed E-state index contributed by atoms with van der Waals surface area (Å²) in [7, 11) is 0. The number of amides is 1. The summed E-state index contributed by atoms with van der Waals surface area (Å²) in [4.78, 5) is 16.1. The second-order valence-corrected chi connectivity index (χ2v) is 6.91. The van der Waals surface area contributed by atoms with Crippen molar-refractivity contribution in [3.05, 3.63) is 59.1 Å². The summed E-state index contributed by atoms with van der Waals surface area (Å²) in [5.41, 5.74) is 2.25. The predicted octanol–water partition coefficient (Wildman–Crippen LogP) is 1.94. The third kappa shape index (κ3) is 4.16. The second-order valence-electron chi connectivity index (χ2n) is 6.50. The highest BCUT2D eigenvalue weighted by Crippen LogP contribution is 2.24. The van der Waals surface area contributed by atoms with Crippen LogP contribution in [0.3, 0.4) is 0 Å². The van der Waals surface area contributed by atoms with Gasteiger partial charge < -0.3 is 15.1 Å². The Labute approximate surface area is 158 Å². The minimum absolute atomic E-state index is 0.0266. The Kier molecular flexibility index (Phi) is 5.77. The van der Waals surface area contributed by atoms with E-state index in [2.05, 4.69) is 16.3 Å². The summed E-state index contributed by atoms with van der Waals surface area (Å²) in [5.74, 6) is -0.0266. The van der Waals surface area contributed by atoms with Gasteiger partial charge in [-0.1, -0.05) is 29.8 Å². The van der Waals surface area contributed by atoms with Gasteiger partial charge in [0.2, 0.25) is 0 Å². The molecule has 2 aromatic carbocycles. The highest BCUT2D eigenvalue weighted by Gasteiger charge is 2.29. The Morgan fingerprint density at radius 3 is 2.65 bits per heavy atom. The minimum Gasteiger partial charge on any atom is -0.359 e. The molecule has 2 N–H and O–H groups in total. The molecule has 1 amide bonds. The second kappa shape index (κ2) is 8.22. The number of rotatable bonds is 4.